The van der Waals surface area contributed by atoms with Crippen LogP contribution in [0.1, 0.15) is 20.8 Å². The van der Waals surface area contributed by atoms with E-state index >= 15 is 0 Å². The second-order valence-electron chi connectivity index (χ2n) is 5.12. The second kappa shape index (κ2) is 7.31. The van der Waals surface area contributed by atoms with Gasteiger partial charge in [0.15, 0.2) is 5.82 Å². The Kier molecular flexibility index (Phi) is 5.43. The van der Waals surface area contributed by atoms with E-state index in [2.05, 4.69) is 20.5 Å². The van der Waals surface area contributed by atoms with Crippen LogP contribution in [0.4, 0.5) is 0 Å². The normalized spacial score (nSPS) is 12.2. The Hall–Kier alpha value is -2.02. The summed E-state index contributed by atoms with van der Waals surface area (Å²) in [6, 6.07) is 7.66. The van der Waals surface area contributed by atoms with Gasteiger partial charge in [0, 0.05) is 11.6 Å². The molecule has 2 rings (SSSR count). The number of thioether (sulfide) groups is 1. The van der Waals surface area contributed by atoms with Crippen LogP contribution in [0.5, 0.6) is 5.75 Å². The van der Waals surface area contributed by atoms with Crippen molar-refractivity contribution in [1.29, 1.82) is 0 Å². The van der Waals surface area contributed by atoms with Crippen LogP contribution in [0, 0.1) is 0 Å². The van der Waals surface area contributed by atoms with Crippen LogP contribution in [0.15, 0.2) is 29.4 Å². The Balaban J connectivity index is 2.03. The van der Waals surface area contributed by atoms with Gasteiger partial charge in [0.25, 0.3) is 0 Å². The van der Waals surface area contributed by atoms with E-state index in [1.54, 1.807) is 7.11 Å². The van der Waals surface area contributed by atoms with Crippen molar-refractivity contribution in [2.75, 3.05) is 7.11 Å². The molecule has 0 fully saturated rings. The molecule has 0 saturated carbocycles. The molecule has 22 heavy (non-hydrogen) atoms. The monoisotopic (exact) mass is 320 g/mol. The van der Waals surface area contributed by atoms with Gasteiger partial charge in [0.1, 0.15) is 5.75 Å². The molecule has 1 aromatic heterocycles. The molecule has 118 valence electrons. The highest BCUT2D eigenvalue weighted by molar-refractivity contribution is 8.00. The largest absolute Gasteiger partial charge is 0.497 e. The summed E-state index contributed by atoms with van der Waals surface area (Å²) in [5.74, 6) is 1.44. The first-order valence-corrected chi connectivity index (χ1v) is 7.91. The van der Waals surface area contributed by atoms with E-state index in [-0.39, 0.29) is 17.2 Å². The van der Waals surface area contributed by atoms with Gasteiger partial charge in [0.05, 0.1) is 12.4 Å². The zero-order valence-corrected chi connectivity index (χ0v) is 13.9. The molecule has 6 nitrogen and oxygen atoms in total. The van der Waals surface area contributed by atoms with Crippen molar-refractivity contribution in [2.24, 2.45) is 0 Å². The van der Waals surface area contributed by atoms with Crippen molar-refractivity contribution in [3.05, 3.63) is 24.3 Å². The maximum atomic E-state index is 11.9. The summed E-state index contributed by atoms with van der Waals surface area (Å²) in [6.45, 7) is 5.71. The van der Waals surface area contributed by atoms with Crippen LogP contribution >= 0.6 is 11.8 Å². The lowest BCUT2D eigenvalue weighted by atomic mass is 10.2. The minimum absolute atomic E-state index is 0.0178. The lowest BCUT2D eigenvalue weighted by Gasteiger charge is -2.12. The number of rotatable bonds is 6. The molecule has 0 radical (unpaired) electrons. The molecule has 0 aliphatic rings. The average Bonchev–Trinajstić information content (AvgIpc) is 2.95. The summed E-state index contributed by atoms with van der Waals surface area (Å²) in [5.41, 5.74) is 0.916. The van der Waals surface area contributed by atoms with Gasteiger partial charge in [-0.3, -0.25) is 9.89 Å². The number of H-pyrrole nitrogens is 1. The molecule has 2 N–H and O–H groups in total. The molecule has 0 bridgehead atoms. The van der Waals surface area contributed by atoms with Crippen molar-refractivity contribution in [2.45, 2.75) is 37.2 Å². The topological polar surface area (TPSA) is 79.9 Å². The van der Waals surface area contributed by atoms with Crippen LogP contribution in [0.2, 0.25) is 0 Å². The lowest BCUT2D eigenvalue weighted by molar-refractivity contribution is -0.120. The molecular weight excluding hydrogens is 300 g/mol. The fraction of sp³-hybridized carbons (Fsp3) is 0.400. The number of nitrogens with zero attached hydrogens (tertiary/aromatic N) is 2. The number of benzene rings is 1. The number of hydrogen-bond acceptors (Lipinski definition) is 5. The predicted molar refractivity (Wildman–Crippen MR) is 87.0 cm³/mol. The van der Waals surface area contributed by atoms with Gasteiger partial charge in [-0.25, -0.2) is 4.98 Å². The highest BCUT2D eigenvalue weighted by Crippen LogP contribution is 2.24. The van der Waals surface area contributed by atoms with Crippen molar-refractivity contribution in [3.63, 3.8) is 0 Å². The van der Waals surface area contributed by atoms with Gasteiger partial charge in [-0.2, -0.15) is 0 Å². The highest BCUT2D eigenvalue weighted by atomic mass is 32.2. The first-order chi connectivity index (χ1) is 10.5. The number of carbonyl (C=O) groups excluding carboxylic acids is 1. The third-order valence-corrected chi connectivity index (χ3v) is 3.87. The first kappa shape index (κ1) is 16.4. The molecule has 1 amide bonds. The van der Waals surface area contributed by atoms with Gasteiger partial charge >= 0.3 is 0 Å². The summed E-state index contributed by atoms with van der Waals surface area (Å²) in [4.78, 5) is 16.3. The third kappa shape index (κ3) is 4.24. The number of methoxy groups -OCH3 is 1. The van der Waals surface area contributed by atoms with E-state index in [9.17, 15) is 4.79 Å². The van der Waals surface area contributed by atoms with Crippen molar-refractivity contribution in [3.8, 4) is 17.1 Å². The third-order valence-electron chi connectivity index (χ3n) is 2.91. The van der Waals surface area contributed by atoms with Gasteiger partial charge in [0.2, 0.25) is 11.1 Å². The second-order valence-corrected chi connectivity index (χ2v) is 6.43. The molecule has 0 unspecified atom stereocenters. The molecule has 1 aromatic carbocycles. The van der Waals surface area contributed by atoms with Crippen LogP contribution in [-0.4, -0.2) is 39.5 Å². The summed E-state index contributed by atoms with van der Waals surface area (Å²) in [5, 5.41) is 10.2. The lowest BCUT2D eigenvalue weighted by Crippen LogP contribution is -2.35. The number of nitrogens with one attached hydrogen (secondary N) is 2. The van der Waals surface area contributed by atoms with E-state index in [4.69, 9.17) is 4.74 Å². The molecule has 1 heterocycles. The van der Waals surface area contributed by atoms with Crippen molar-refractivity contribution in [1.82, 2.24) is 20.5 Å². The van der Waals surface area contributed by atoms with Gasteiger partial charge < -0.3 is 10.1 Å². The molecular formula is C15H20N4O2S. The maximum Gasteiger partial charge on any atom is 0.233 e. The van der Waals surface area contributed by atoms with Gasteiger partial charge in [-0.15, -0.1) is 5.10 Å². The molecule has 0 aliphatic carbocycles. The maximum absolute atomic E-state index is 11.9. The zero-order valence-electron chi connectivity index (χ0n) is 13.1. The number of carbonyl (C=O) groups is 1. The molecule has 0 spiro atoms. The summed E-state index contributed by atoms with van der Waals surface area (Å²) < 4.78 is 5.13. The Morgan fingerprint density at radius 2 is 1.95 bits per heavy atom. The smallest absolute Gasteiger partial charge is 0.233 e. The van der Waals surface area contributed by atoms with E-state index in [0.717, 1.165) is 11.3 Å². The number of hydrogen-bond donors (Lipinski definition) is 2. The Bertz CT molecular complexity index is 625. The fourth-order valence-electron chi connectivity index (χ4n) is 1.79. The van der Waals surface area contributed by atoms with Gasteiger partial charge in [-0.1, -0.05) is 11.8 Å². The molecule has 1 atom stereocenters. The van der Waals surface area contributed by atoms with E-state index in [1.165, 1.54) is 11.8 Å². The summed E-state index contributed by atoms with van der Waals surface area (Å²) in [7, 11) is 1.63. The minimum atomic E-state index is -0.248. The van der Waals surface area contributed by atoms with Crippen molar-refractivity contribution < 1.29 is 9.53 Å². The molecule has 2 aromatic rings. The number of ether oxygens (including phenoxy) is 1. The molecule has 0 aliphatic heterocycles. The van der Waals surface area contributed by atoms with Crippen LogP contribution in [0.25, 0.3) is 11.4 Å². The number of amides is 1. The van der Waals surface area contributed by atoms with Crippen LogP contribution < -0.4 is 10.1 Å². The fourth-order valence-corrected chi connectivity index (χ4v) is 2.52. The molecule has 7 heteroatoms. The number of aromatic nitrogens is 3. The van der Waals surface area contributed by atoms with Gasteiger partial charge in [-0.05, 0) is 45.0 Å². The van der Waals surface area contributed by atoms with E-state index in [0.29, 0.717) is 11.0 Å². The summed E-state index contributed by atoms with van der Waals surface area (Å²) >= 11 is 1.33. The SMILES string of the molecule is COc1ccc(-c2nc(S[C@H](C)C(=O)NC(C)C)n[nH]2)cc1. The average molecular weight is 320 g/mol. The Labute approximate surface area is 134 Å². The van der Waals surface area contributed by atoms with Crippen LogP contribution in [-0.2, 0) is 4.79 Å². The quantitative estimate of drug-likeness (QED) is 0.799. The van der Waals surface area contributed by atoms with Crippen LogP contribution in [0.3, 0.4) is 0 Å². The first-order valence-electron chi connectivity index (χ1n) is 7.03. The highest BCUT2D eigenvalue weighted by Gasteiger charge is 2.17. The standard InChI is InChI=1S/C15H20N4O2S/c1-9(2)16-14(20)10(3)22-15-17-13(18-19-15)11-5-7-12(21-4)8-6-11/h5-10H,1-4H3,(H,16,20)(H,17,18,19)/t10-/m1/s1. The minimum Gasteiger partial charge on any atom is -0.497 e. The van der Waals surface area contributed by atoms with E-state index in [1.807, 2.05) is 45.0 Å². The summed E-state index contributed by atoms with van der Waals surface area (Å²) in [6.07, 6.45) is 0. The Morgan fingerprint density at radius 1 is 1.27 bits per heavy atom. The number of aromatic amines is 1. The zero-order chi connectivity index (χ0) is 16.1. The molecule has 0 saturated heterocycles. The van der Waals surface area contributed by atoms with Crippen molar-refractivity contribution >= 4 is 17.7 Å². The Morgan fingerprint density at radius 3 is 2.55 bits per heavy atom. The predicted octanol–water partition coefficient (Wildman–Crippen LogP) is 2.49. The van der Waals surface area contributed by atoms with E-state index < -0.39 is 0 Å².